The average molecular weight is 359 g/mol. The lowest BCUT2D eigenvalue weighted by Gasteiger charge is -2.17. The molecule has 0 amide bonds. The number of halogens is 4. The largest absolute Gasteiger partial charge is 0.493 e. The molecule has 0 bridgehead atoms. The molecule has 2 aromatic rings. The molecule has 6 heteroatoms. The van der Waals surface area contributed by atoms with Crippen LogP contribution in [0.4, 0.5) is 13.2 Å². The van der Waals surface area contributed by atoms with Crippen molar-refractivity contribution in [1.82, 2.24) is 0 Å². The lowest BCUT2D eigenvalue weighted by atomic mass is 9.97. The number of fused-ring (bicyclic) bond motifs is 1. The second-order valence-electron chi connectivity index (χ2n) is 4.77. The van der Waals surface area contributed by atoms with Gasteiger partial charge in [-0.15, -0.1) is 0 Å². The minimum atomic E-state index is -1.57. The molecule has 0 fully saturated rings. The van der Waals surface area contributed by atoms with Gasteiger partial charge in [-0.3, -0.25) is 0 Å². The fourth-order valence-corrected chi connectivity index (χ4v) is 2.99. The first kappa shape index (κ1) is 14.4. The third-order valence-corrected chi connectivity index (χ3v) is 3.85. The van der Waals surface area contributed by atoms with E-state index < -0.39 is 29.1 Å². The third-order valence-electron chi connectivity index (χ3n) is 3.39. The summed E-state index contributed by atoms with van der Waals surface area (Å²) in [6, 6.07) is 4.45. The van der Waals surface area contributed by atoms with Crippen LogP contribution in [0, 0.1) is 17.5 Å². The highest BCUT2D eigenvalue weighted by Gasteiger charge is 2.27. The Kier molecular flexibility index (Phi) is 3.67. The second kappa shape index (κ2) is 5.35. The Morgan fingerprint density at radius 2 is 1.76 bits per heavy atom. The van der Waals surface area contributed by atoms with Crippen molar-refractivity contribution >= 4 is 15.9 Å². The summed E-state index contributed by atoms with van der Waals surface area (Å²) in [7, 11) is 0. The summed E-state index contributed by atoms with van der Waals surface area (Å²) in [5, 5.41) is 10.3. The molecule has 0 radical (unpaired) electrons. The predicted octanol–water partition coefficient (Wildman–Crippen LogP) is 3.88. The number of aliphatic hydroxyl groups excluding tert-OH is 1. The van der Waals surface area contributed by atoms with Crippen molar-refractivity contribution in [2.45, 2.75) is 12.5 Å². The topological polar surface area (TPSA) is 29.5 Å². The molecule has 1 aliphatic rings. The van der Waals surface area contributed by atoms with Gasteiger partial charge in [0.15, 0.2) is 0 Å². The first-order valence-corrected chi connectivity index (χ1v) is 7.04. The van der Waals surface area contributed by atoms with Crippen molar-refractivity contribution in [2.24, 2.45) is 0 Å². The predicted molar refractivity (Wildman–Crippen MR) is 73.7 cm³/mol. The lowest BCUT2D eigenvalue weighted by molar-refractivity contribution is 0.202. The first-order chi connectivity index (χ1) is 9.97. The molecule has 1 unspecified atom stereocenters. The van der Waals surface area contributed by atoms with E-state index in [9.17, 15) is 18.3 Å². The number of hydrogen-bond acceptors (Lipinski definition) is 2. The minimum absolute atomic E-state index is 0.251. The van der Waals surface area contributed by atoms with Gasteiger partial charge >= 0.3 is 0 Å². The van der Waals surface area contributed by atoms with E-state index in [1.54, 1.807) is 0 Å². The van der Waals surface area contributed by atoms with Crippen molar-refractivity contribution in [3.8, 4) is 5.75 Å². The molecule has 0 spiro atoms. The monoisotopic (exact) mass is 358 g/mol. The Balaban J connectivity index is 2.14. The number of rotatable bonds is 2. The summed E-state index contributed by atoms with van der Waals surface area (Å²) in [5.41, 5.74) is 0.509. The molecule has 2 aromatic carbocycles. The maximum atomic E-state index is 13.8. The maximum Gasteiger partial charge on any atom is 0.135 e. The van der Waals surface area contributed by atoms with Gasteiger partial charge in [-0.1, -0.05) is 15.9 Å². The van der Waals surface area contributed by atoms with Gasteiger partial charge < -0.3 is 9.84 Å². The van der Waals surface area contributed by atoms with Crippen LogP contribution in [0.2, 0.25) is 0 Å². The summed E-state index contributed by atoms with van der Waals surface area (Å²) < 4.78 is 46.7. The van der Waals surface area contributed by atoms with E-state index in [-0.39, 0.29) is 5.56 Å². The molecule has 0 saturated heterocycles. The summed E-state index contributed by atoms with van der Waals surface area (Å²) in [6.45, 7) is 0.444. The van der Waals surface area contributed by atoms with E-state index in [0.29, 0.717) is 35.4 Å². The van der Waals surface area contributed by atoms with Gasteiger partial charge in [0.25, 0.3) is 0 Å². The Morgan fingerprint density at radius 3 is 2.43 bits per heavy atom. The van der Waals surface area contributed by atoms with Gasteiger partial charge in [-0.25, -0.2) is 13.2 Å². The smallest absolute Gasteiger partial charge is 0.135 e. The molecule has 0 saturated carbocycles. The zero-order valence-electron chi connectivity index (χ0n) is 10.7. The van der Waals surface area contributed by atoms with Crippen LogP contribution in [0.25, 0.3) is 0 Å². The van der Waals surface area contributed by atoms with Crippen LogP contribution in [-0.2, 0) is 6.42 Å². The van der Waals surface area contributed by atoms with Crippen LogP contribution in [0.1, 0.15) is 22.8 Å². The average Bonchev–Trinajstić information content (AvgIpc) is 2.84. The minimum Gasteiger partial charge on any atom is -0.493 e. The SMILES string of the molecule is OC(c1cc(Br)cc2c1OCC2)c1c(F)cc(F)cc1F. The number of ether oxygens (including phenoxy) is 1. The molecule has 0 aromatic heterocycles. The van der Waals surface area contributed by atoms with E-state index in [0.717, 1.165) is 5.56 Å². The fourth-order valence-electron chi connectivity index (χ4n) is 2.47. The van der Waals surface area contributed by atoms with Gasteiger partial charge in [0, 0.05) is 28.6 Å². The van der Waals surface area contributed by atoms with Crippen LogP contribution in [0.3, 0.4) is 0 Å². The van der Waals surface area contributed by atoms with E-state index in [1.807, 2.05) is 6.07 Å². The summed E-state index contributed by atoms with van der Waals surface area (Å²) in [4.78, 5) is 0. The number of aliphatic hydroxyl groups is 1. The molecule has 1 aliphatic heterocycles. The number of benzene rings is 2. The van der Waals surface area contributed by atoms with Crippen molar-refractivity contribution in [2.75, 3.05) is 6.61 Å². The van der Waals surface area contributed by atoms with Crippen molar-refractivity contribution in [1.29, 1.82) is 0 Å². The molecular weight excluding hydrogens is 349 g/mol. The third kappa shape index (κ3) is 2.53. The van der Waals surface area contributed by atoms with Gasteiger partial charge in [-0.2, -0.15) is 0 Å². The summed E-state index contributed by atoms with van der Waals surface area (Å²) in [5.74, 6) is -2.87. The molecule has 2 nitrogen and oxygen atoms in total. The highest BCUT2D eigenvalue weighted by molar-refractivity contribution is 9.10. The highest BCUT2D eigenvalue weighted by Crippen LogP contribution is 2.39. The zero-order valence-corrected chi connectivity index (χ0v) is 12.3. The first-order valence-electron chi connectivity index (χ1n) is 6.25. The molecule has 21 heavy (non-hydrogen) atoms. The van der Waals surface area contributed by atoms with Crippen LogP contribution in [0.15, 0.2) is 28.7 Å². The summed E-state index contributed by atoms with van der Waals surface area (Å²) >= 11 is 3.29. The molecular formula is C15H10BrF3O2. The molecule has 0 aliphatic carbocycles. The molecule has 1 N–H and O–H groups in total. The van der Waals surface area contributed by atoms with Crippen LogP contribution in [0.5, 0.6) is 5.75 Å². The summed E-state index contributed by atoms with van der Waals surface area (Å²) in [6.07, 6.45) is -0.918. The standard InChI is InChI=1S/C15H10BrF3O2/c16-8-3-7-1-2-21-15(7)10(4-8)14(20)13-11(18)5-9(17)6-12(13)19/h3-6,14,20H,1-2H2. The molecule has 3 rings (SSSR count). The fraction of sp³-hybridized carbons (Fsp3) is 0.200. The zero-order chi connectivity index (χ0) is 15.1. The lowest BCUT2D eigenvalue weighted by Crippen LogP contribution is -2.08. The Labute approximate surface area is 127 Å². The Bertz CT molecular complexity index is 695. The van der Waals surface area contributed by atoms with E-state index >= 15 is 0 Å². The van der Waals surface area contributed by atoms with Gasteiger partial charge in [0.1, 0.15) is 29.3 Å². The van der Waals surface area contributed by atoms with Crippen LogP contribution >= 0.6 is 15.9 Å². The number of hydrogen-bond donors (Lipinski definition) is 1. The Hall–Kier alpha value is -1.53. The Morgan fingerprint density at radius 1 is 1.10 bits per heavy atom. The van der Waals surface area contributed by atoms with Crippen LogP contribution < -0.4 is 4.74 Å². The van der Waals surface area contributed by atoms with E-state index in [1.165, 1.54) is 6.07 Å². The quantitative estimate of drug-likeness (QED) is 0.882. The highest BCUT2D eigenvalue weighted by atomic mass is 79.9. The molecule has 1 atom stereocenters. The second-order valence-corrected chi connectivity index (χ2v) is 5.68. The van der Waals surface area contributed by atoms with E-state index in [4.69, 9.17) is 4.74 Å². The normalized spacial score (nSPS) is 14.7. The van der Waals surface area contributed by atoms with Gasteiger partial charge in [0.2, 0.25) is 0 Å². The van der Waals surface area contributed by atoms with Crippen molar-refractivity contribution < 1.29 is 23.0 Å². The molecule has 1 heterocycles. The van der Waals surface area contributed by atoms with Gasteiger partial charge in [-0.05, 0) is 17.7 Å². The van der Waals surface area contributed by atoms with Gasteiger partial charge in [0.05, 0.1) is 12.2 Å². The van der Waals surface area contributed by atoms with Crippen LogP contribution in [-0.4, -0.2) is 11.7 Å². The molecule has 110 valence electrons. The maximum absolute atomic E-state index is 13.8. The van der Waals surface area contributed by atoms with E-state index in [2.05, 4.69) is 15.9 Å². The van der Waals surface area contributed by atoms with Crippen molar-refractivity contribution in [3.63, 3.8) is 0 Å². The van der Waals surface area contributed by atoms with Crippen molar-refractivity contribution in [3.05, 3.63) is 62.9 Å².